The second kappa shape index (κ2) is 7.76. The minimum Gasteiger partial charge on any atom is -0.381 e. The number of carbonyl (C=O) groups excluding carboxylic acids is 2. The van der Waals surface area contributed by atoms with Crippen LogP contribution in [0.4, 0.5) is 4.39 Å². The molecule has 29 heavy (non-hydrogen) atoms. The molecule has 2 aromatic rings. The number of nitrogens with zero attached hydrogens (tertiary/aromatic N) is 3. The number of hydrogen-bond acceptors (Lipinski definition) is 4. The number of aromatic nitrogens is 2. The number of halogens is 2. The third-order valence-corrected chi connectivity index (χ3v) is 6.05. The van der Waals surface area contributed by atoms with E-state index >= 15 is 0 Å². The Morgan fingerprint density at radius 2 is 2.10 bits per heavy atom. The number of benzene rings is 1. The molecule has 2 heterocycles. The molecule has 2 aliphatic rings. The number of methoxy groups -OCH3 is 1. The van der Waals surface area contributed by atoms with Gasteiger partial charge in [-0.3, -0.25) is 14.3 Å². The first-order valence-corrected chi connectivity index (χ1v) is 9.90. The van der Waals surface area contributed by atoms with E-state index in [9.17, 15) is 14.0 Å². The molecule has 1 aromatic heterocycles. The van der Waals surface area contributed by atoms with Crippen molar-refractivity contribution in [1.82, 2.24) is 14.7 Å². The van der Waals surface area contributed by atoms with E-state index in [1.165, 1.54) is 18.2 Å². The summed E-state index contributed by atoms with van der Waals surface area (Å²) < 4.78 is 20.5. The van der Waals surface area contributed by atoms with E-state index in [2.05, 4.69) is 5.10 Å². The first-order valence-electron chi connectivity index (χ1n) is 9.52. The molecule has 0 bridgehead atoms. The number of fused-ring (bicyclic) bond motifs is 1. The lowest BCUT2D eigenvalue weighted by Crippen LogP contribution is -2.41. The average Bonchev–Trinajstić information content (AvgIpc) is 3.05. The third-order valence-electron chi connectivity index (χ3n) is 5.76. The van der Waals surface area contributed by atoms with Crippen molar-refractivity contribution in [3.05, 3.63) is 40.3 Å². The van der Waals surface area contributed by atoms with Gasteiger partial charge in [-0.05, 0) is 37.0 Å². The number of ether oxygens (including phenoxy) is 1. The van der Waals surface area contributed by atoms with Gasteiger partial charge in [-0.15, -0.1) is 0 Å². The van der Waals surface area contributed by atoms with E-state index < -0.39 is 11.7 Å². The lowest BCUT2D eigenvalue weighted by Gasteiger charge is -2.36. The minimum absolute atomic E-state index is 0.0544. The molecule has 0 radical (unpaired) electrons. The Bertz CT molecular complexity index is 971. The zero-order chi connectivity index (χ0) is 20.7. The SMILES string of the molecule is COC1CC(CC(=O)N2CCn3nc(-c4ccc(F)c(Cl)c4)c(C(N)=O)c3C2)C1. The smallest absolute Gasteiger partial charge is 0.252 e. The normalized spacial score (nSPS) is 20.9. The summed E-state index contributed by atoms with van der Waals surface area (Å²) in [4.78, 5) is 26.7. The van der Waals surface area contributed by atoms with Crippen molar-refractivity contribution >= 4 is 23.4 Å². The summed E-state index contributed by atoms with van der Waals surface area (Å²) in [5.41, 5.74) is 7.33. The van der Waals surface area contributed by atoms with Crippen molar-refractivity contribution in [2.75, 3.05) is 13.7 Å². The monoisotopic (exact) mass is 420 g/mol. The Hall–Kier alpha value is -2.45. The summed E-state index contributed by atoms with van der Waals surface area (Å²) in [5, 5.41) is 4.44. The van der Waals surface area contributed by atoms with Gasteiger partial charge >= 0.3 is 0 Å². The average molecular weight is 421 g/mol. The quantitative estimate of drug-likeness (QED) is 0.804. The van der Waals surface area contributed by atoms with Gasteiger partial charge in [0.15, 0.2) is 0 Å². The van der Waals surface area contributed by atoms with Gasteiger partial charge < -0.3 is 15.4 Å². The van der Waals surface area contributed by atoms with Crippen LogP contribution in [0.5, 0.6) is 0 Å². The Kier molecular flexibility index (Phi) is 5.31. The molecule has 1 saturated carbocycles. The van der Waals surface area contributed by atoms with Gasteiger partial charge in [-0.1, -0.05) is 11.6 Å². The van der Waals surface area contributed by atoms with Crippen LogP contribution >= 0.6 is 11.6 Å². The van der Waals surface area contributed by atoms with E-state index in [1.54, 1.807) is 16.7 Å². The number of rotatable bonds is 5. The number of nitrogens with two attached hydrogens (primary N) is 1. The van der Waals surface area contributed by atoms with E-state index in [4.69, 9.17) is 22.1 Å². The summed E-state index contributed by atoms with van der Waals surface area (Å²) in [7, 11) is 1.69. The molecule has 1 aliphatic carbocycles. The van der Waals surface area contributed by atoms with Crippen LogP contribution in [-0.4, -0.2) is 46.3 Å². The van der Waals surface area contributed by atoms with Gasteiger partial charge in [0.2, 0.25) is 5.91 Å². The van der Waals surface area contributed by atoms with E-state index in [1.807, 2.05) is 0 Å². The van der Waals surface area contributed by atoms with Crippen molar-refractivity contribution in [3.8, 4) is 11.3 Å². The highest BCUT2D eigenvalue weighted by Gasteiger charge is 2.34. The fourth-order valence-corrected chi connectivity index (χ4v) is 4.23. The van der Waals surface area contributed by atoms with Gasteiger partial charge in [-0.2, -0.15) is 5.10 Å². The van der Waals surface area contributed by atoms with Gasteiger partial charge in [0, 0.05) is 25.6 Å². The molecule has 4 rings (SSSR count). The first-order chi connectivity index (χ1) is 13.9. The molecule has 154 valence electrons. The molecule has 0 saturated heterocycles. The van der Waals surface area contributed by atoms with Crippen LogP contribution in [0.1, 0.15) is 35.3 Å². The largest absolute Gasteiger partial charge is 0.381 e. The summed E-state index contributed by atoms with van der Waals surface area (Å²) in [6.45, 7) is 1.23. The van der Waals surface area contributed by atoms with Crippen molar-refractivity contribution in [2.45, 2.75) is 38.5 Å². The number of carbonyl (C=O) groups is 2. The van der Waals surface area contributed by atoms with E-state index in [0.717, 1.165) is 12.8 Å². The van der Waals surface area contributed by atoms with Crippen molar-refractivity contribution < 1.29 is 18.7 Å². The summed E-state index contributed by atoms with van der Waals surface area (Å²) in [6, 6.07) is 4.15. The van der Waals surface area contributed by atoms with Crippen LogP contribution in [-0.2, 0) is 22.6 Å². The Balaban J connectivity index is 1.57. The van der Waals surface area contributed by atoms with Crippen LogP contribution < -0.4 is 5.73 Å². The Morgan fingerprint density at radius 1 is 1.34 bits per heavy atom. The molecule has 0 unspecified atom stereocenters. The lowest BCUT2D eigenvalue weighted by molar-refractivity contribution is -0.135. The van der Waals surface area contributed by atoms with Crippen LogP contribution in [0, 0.1) is 11.7 Å². The molecule has 1 aliphatic heterocycles. The van der Waals surface area contributed by atoms with Crippen molar-refractivity contribution in [2.24, 2.45) is 11.7 Å². The van der Waals surface area contributed by atoms with Crippen LogP contribution in [0.3, 0.4) is 0 Å². The highest BCUT2D eigenvalue weighted by atomic mass is 35.5. The predicted molar refractivity (Wildman–Crippen MR) is 105 cm³/mol. The standard InChI is InChI=1S/C20H22ClFN4O3/c1-29-13-6-11(7-13)8-17(27)25-4-5-26-16(10-25)18(20(23)28)19(24-26)12-2-3-15(22)14(21)9-12/h2-3,9,11,13H,4-8,10H2,1H3,(H2,23,28). The molecule has 2 amide bonds. The lowest BCUT2D eigenvalue weighted by atomic mass is 9.80. The summed E-state index contributed by atoms with van der Waals surface area (Å²) >= 11 is 5.89. The number of primary amides is 1. The minimum atomic E-state index is -0.641. The maximum absolute atomic E-state index is 13.5. The van der Waals surface area contributed by atoms with Crippen LogP contribution in [0.25, 0.3) is 11.3 Å². The highest BCUT2D eigenvalue weighted by molar-refractivity contribution is 6.31. The third kappa shape index (κ3) is 3.74. The maximum atomic E-state index is 13.5. The topological polar surface area (TPSA) is 90.4 Å². The zero-order valence-corrected chi connectivity index (χ0v) is 16.8. The maximum Gasteiger partial charge on any atom is 0.252 e. The number of amides is 2. The predicted octanol–water partition coefficient (Wildman–Crippen LogP) is 2.60. The fraction of sp³-hybridized carbons (Fsp3) is 0.450. The zero-order valence-electron chi connectivity index (χ0n) is 16.0. The fourth-order valence-electron chi connectivity index (χ4n) is 4.04. The second-order valence-corrected chi connectivity index (χ2v) is 8.01. The molecule has 0 spiro atoms. The summed E-state index contributed by atoms with van der Waals surface area (Å²) in [5.74, 6) is -0.799. The van der Waals surface area contributed by atoms with Gasteiger partial charge in [0.1, 0.15) is 11.5 Å². The van der Waals surface area contributed by atoms with Gasteiger partial charge in [0.05, 0.1) is 35.5 Å². The Morgan fingerprint density at radius 3 is 2.76 bits per heavy atom. The second-order valence-electron chi connectivity index (χ2n) is 7.60. The first kappa shape index (κ1) is 19.8. The Labute approximate surface area is 172 Å². The highest BCUT2D eigenvalue weighted by Crippen LogP contribution is 2.34. The molecule has 2 N–H and O–H groups in total. The number of hydrogen-bond donors (Lipinski definition) is 1. The molecule has 0 atom stereocenters. The van der Waals surface area contributed by atoms with Crippen molar-refractivity contribution in [3.63, 3.8) is 0 Å². The van der Waals surface area contributed by atoms with E-state index in [-0.39, 0.29) is 29.1 Å². The van der Waals surface area contributed by atoms with Gasteiger partial charge in [-0.25, -0.2) is 4.39 Å². The van der Waals surface area contributed by atoms with Crippen molar-refractivity contribution in [1.29, 1.82) is 0 Å². The van der Waals surface area contributed by atoms with E-state index in [0.29, 0.717) is 42.4 Å². The van der Waals surface area contributed by atoms with Crippen LogP contribution in [0.15, 0.2) is 18.2 Å². The summed E-state index contributed by atoms with van der Waals surface area (Å²) in [6.07, 6.45) is 2.52. The molecule has 7 nitrogen and oxygen atoms in total. The molecular formula is C20H22ClFN4O3. The van der Waals surface area contributed by atoms with Gasteiger partial charge in [0.25, 0.3) is 5.91 Å². The molecule has 9 heteroatoms. The molecule has 1 fully saturated rings. The van der Waals surface area contributed by atoms with Crippen LogP contribution in [0.2, 0.25) is 5.02 Å². The molecular weight excluding hydrogens is 399 g/mol. The molecule has 1 aromatic carbocycles.